The van der Waals surface area contributed by atoms with Crippen LogP contribution in [0.25, 0.3) is 0 Å². The van der Waals surface area contributed by atoms with E-state index in [0.717, 1.165) is 5.57 Å². The van der Waals surface area contributed by atoms with Crippen molar-refractivity contribution in [2.75, 3.05) is 34.0 Å². The van der Waals surface area contributed by atoms with Gasteiger partial charge in [0.25, 0.3) is 11.7 Å². The predicted octanol–water partition coefficient (Wildman–Crippen LogP) is 6.49. The standard InChI is InChI=1S/C56H87NO15/c1-11-41-29-36(4)44(60)31-46(37(5)28-40-22-25-45(47(30-40)68-9)71-54(66)55(8,32-58)33-59)70-53(65)43-19-15-16-26-57(43)52(64)51(63)56(67)39(7)21-24-42(72-56)23-20-34(2)17-13-12-14-18-35(3)27-38(6)48(61)50(69-10)49(41)62/h12-14,17-18,29,35-40,42-43,45-47,49-50,58-59,62,67H,11,15-16,19-28,30-33H2,1-10H3/b13-12+,18-14+,34-17+,41-29+/t35-,36-,37-,38-,39-,40?,42-,43+,45-,46+,47-,49-,50+,56-/m1/s1. The first-order chi connectivity index (χ1) is 34.1. The molecule has 4 N–H and O–H groups in total. The maximum atomic E-state index is 14.5. The highest BCUT2D eigenvalue weighted by Gasteiger charge is 2.53. The molecule has 0 aromatic carbocycles. The van der Waals surface area contributed by atoms with Crippen LogP contribution in [0.15, 0.2) is 47.6 Å². The van der Waals surface area contributed by atoms with Crippen LogP contribution >= 0.6 is 0 Å². The Morgan fingerprint density at radius 2 is 1.62 bits per heavy atom. The third kappa shape index (κ3) is 15.8. The van der Waals surface area contributed by atoms with Crippen LogP contribution in [-0.4, -0.2) is 143 Å². The van der Waals surface area contributed by atoms with E-state index in [4.69, 9.17) is 23.7 Å². The van der Waals surface area contributed by atoms with Crippen molar-refractivity contribution >= 4 is 35.2 Å². The molecule has 0 spiro atoms. The fourth-order valence-corrected chi connectivity index (χ4v) is 10.6. The molecule has 3 fully saturated rings. The highest BCUT2D eigenvalue weighted by Crippen LogP contribution is 2.38. The van der Waals surface area contributed by atoms with Crippen LogP contribution in [0.1, 0.15) is 145 Å². The van der Waals surface area contributed by atoms with E-state index >= 15 is 0 Å². The zero-order chi connectivity index (χ0) is 53.5. The summed E-state index contributed by atoms with van der Waals surface area (Å²) >= 11 is 0. The quantitative estimate of drug-likeness (QED) is 0.104. The van der Waals surface area contributed by atoms with Crippen LogP contribution in [0.3, 0.4) is 0 Å². The number of amides is 1. The highest BCUT2D eigenvalue weighted by molar-refractivity contribution is 6.39. The number of carbonyl (C=O) groups excluding carboxylic acids is 6. The predicted molar refractivity (Wildman–Crippen MR) is 270 cm³/mol. The molecule has 4 aliphatic rings. The van der Waals surface area contributed by atoms with Gasteiger partial charge >= 0.3 is 11.9 Å². The molecule has 0 aromatic heterocycles. The number of rotatable bonds is 10. The zero-order valence-corrected chi connectivity index (χ0v) is 44.7. The van der Waals surface area contributed by atoms with Crippen molar-refractivity contribution in [1.29, 1.82) is 0 Å². The number of esters is 2. The first-order valence-electron chi connectivity index (χ1n) is 26.5. The van der Waals surface area contributed by atoms with E-state index in [1.165, 1.54) is 26.0 Å². The van der Waals surface area contributed by atoms with Crippen LogP contribution < -0.4 is 0 Å². The van der Waals surface area contributed by atoms with Gasteiger partial charge in [-0.15, -0.1) is 0 Å². The molecule has 406 valence electrons. The molecular formula is C56H87NO15. The van der Waals surface area contributed by atoms with Gasteiger partial charge in [-0.3, -0.25) is 24.0 Å². The Labute approximate surface area is 428 Å². The normalized spacial score (nSPS) is 36.8. The lowest BCUT2D eigenvalue weighted by Gasteiger charge is -2.42. The van der Waals surface area contributed by atoms with Crippen molar-refractivity contribution in [2.45, 2.75) is 194 Å². The second kappa shape index (κ2) is 28.1. The van der Waals surface area contributed by atoms with Crippen molar-refractivity contribution < 1.29 is 72.9 Å². The number of methoxy groups -OCH3 is 2. The van der Waals surface area contributed by atoms with E-state index in [9.17, 15) is 49.2 Å². The molecule has 14 atom stereocenters. The number of ketones is 3. The molecule has 16 heteroatoms. The molecule has 72 heavy (non-hydrogen) atoms. The number of hydrogen-bond donors (Lipinski definition) is 4. The van der Waals surface area contributed by atoms with Crippen LogP contribution in [0.5, 0.6) is 0 Å². The van der Waals surface area contributed by atoms with Gasteiger partial charge in [-0.2, -0.15) is 0 Å². The second-order valence-electron chi connectivity index (χ2n) is 21.7. The lowest BCUT2D eigenvalue weighted by molar-refractivity contribution is -0.263. The van der Waals surface area contributed by atoms with E-state index < -0.39 is 114 Å². The number of piperidine rings is 1. The van der Waals surface area contributed by atoms with E-state index in [0.29, 0.717) is 82.6 Å². The minimum Gasteiger partial charge on any atom is -0.460 e. The van der Waals surface area contributed by atoms with Gasteiger partial charge in [0, 0.05) is 44.9 Å². The fourth-order valence-electron chi connectivity index (χ4n) is 10.6. The van der Waals surface area contributed by atoms with E-state index in [-0.39, 0.29) is 42.8 Å². The summed E-state index contributed by atoms with van der Waals surface area (Å²) in [7, 11) is 2.89. The molecule has 1 saturated carbocycles. The molecule has 1 aliphatic carbocycles. The first-order valence-corrected chi connectivity index (χ1v) is 26.5. The molecule has 1 amide bonds. The number of fused-ring (bicyclic) bond motifs is 3. The van der Waals surface area contributed by atoms with E-state index in [1.807, 2.05) is 65.0 Å². The van der Waals surface area contributed by atoms with Gasteiger partial charge in [-0.25, -0.2) is 4.79 Å². The largest absolute Gasteiger partial charge is 0.460 e. The summed E-state index contributed by atoms with van der Waals surface area (Å²) in [4.78, 5) is 85.4. The van der Waals surface area contributed by atoms with Crippen molar-refractivity contribution in [3.05, 3.63) is 47.6 Å². The summed E-state index contributed by atoms with van der Waals surface area (Å²) in [5.41, 5.74) is 0.00820. The number of ether oxygens (including phenoxy) is 5. The topological polar surface area (TPSA) is 233 Å². The minimum atomic E-state index is -2.40. The summed E-state index contributed by atoms with van der Waals surface area (Å²) in [5, 5.41) is 43.1. The van der Waals surface area contributed by atoms with Gasteiger partial charge in [0.15, 0.2) is 5.78 Å². The summed E-state index contributed by atoms with van der Waals surface area (Å²) < 4.78 is 29.6. The van der Waals surface area contributed by atoms with Gasteiger partial charge in [0.2, 0.25) is 5.79 Å². The van der Waals surface area contributed by atoms with Gasteiger partial charge in [-0.05, 0) is 121 Å². The maximum absolute atomic E-state index is 14.5. The van der Waals surface area contributed by atoms with Crippen molar-refractivity contribution in [2.24, 2.45) is 40.9 Å². The molecular weight excluding hydrogens is 927 g/mol. The van der Waals surface area contributed by atoms with Crippen LogP contribution in [-0.2, 0) is 52.5 Å². The van der Waals surface area contributed by atoms with Gasteiger partial charge in [0.1, 0.15) is 41.7 Å². The average Bonchev–Trinajstić information content (AvgIpc) is 3.37. The van der Waals surface area contributed by atoms with Gasteiger partial charge < -0.3 is 49.0 Å². The zero-order valence-electron chi connectivity index (χ0n) is 44.7. The van der Waals surface area contributed by atoms with Crippen LogP contribution in [0.2, 0.25) is 0 Å². The molecule has 3 heterocycles. The average molecular weight is 1010 g/mol. The van der Waals surface area contributed by atoms with Gasteiger partial charge in [0.05, 0.1) is 25.4 Å². The Balaban J connectivity index is 1.69. The first kappa shape index (κ1) is 60.7. The number of carbonyl (C=O) groups is 6. The summed E-state index contributed by atoms with van der Waals surface area (Å²) in [6, 6.07) is -1.18. The third-order valence-corrected chi connectivity index (χ3v) is 15.8. The Kier molecular flexibility index (Phi) is 23.7. The lowest BCUT2D eigenvalue weighted by Crippen LogP contribution is -2.60. The highest BCUT2D eigenvalue weighted by atomic mass is 16.6. The molecule has 16 nitrogen and oxygen atoms in total. The number of nitrogens with zero attached hydrogens (tertiary/aromatic N) is 1. The molecule has 4 rings (SSSR count). The number of aliphatic hydroxyl groups excluding tert-OH is 3. The molecule has 2 saturated heterocycles. The van der Waals surface area contributed by atoms with Crippen molar-refractivity contribution in [1.82, 2.24) is 4.90 Å². The van der Waals surface area contributed by atoms with Crippen LogP contribution in [0.4, 0.5) is 0 Å². The second-order valence-corrected chi connectivity index (χ2v) is 21.7. The molecule has 1 unspecified atom stereocenters. The molecule has 0 radical (unpaired) electrons. The molecule has 3 aliphatic heterocycles. The number of allylic oxidation sites excluding steroid dienone is 7. The van der Waals surface area contributed by atoms with Crippen LogP contribution in [0, 0.1) is 40.9 Å². The number of hydrogen-bond acceptors (Lipinski definition) is 15. The molecule has 2 bridgehead atoms. The maximum Gasteiger partial charge on any atom is 0.329 e. The monoisotopic (exact) mass is 1010 g/mol. The summed E-state index contributed by atoms with van der Waals surface area (Å²) in [5.74, 6) is -9.02. The molecule has 0 aromatic rings. The SMILES string of the molecule is CC/C1=C\[C@@H](C)C(=O)C[C@@H]([C@H](C)CC2CC[C@@H](OC(=O)C(C)(CO)CO)[C@H](OC)C2)OC(=O)[C@@H]2CCCCN2C(=O)C(=O)[C@]2(O)O[C@H](CC/C(C)=C/C=C/C=C/[C@@H](C)C[C@@H](C)C(=O)[C@H](OC)[C@@H]1O)CC[C@H]2C. The third-order valence-electron chi connectivity index (χ3n) is 15.8. The van der Waals surface area contributed by atoms with E-state index in [2.05, 4.69) is 0 Å². The number of Topliss-reactive ketones (excluding diaryl/α,β-unsaturated/α-hetero) is 3. The van der Waals surface area contributed by atoms with Crippen molar-refractivity contribution in [3.8, 4) is 0 Å². The van der Waals surface area contributed by atoms with Crippen molar-refractivity contribution in [3.63, 3.8) is 0 Å². The number of cyclic esters (lactones) is 1. The Morgan fingerprint density at radius 3 is 2.28 bits per heavy atom. The Hall–Kier alpha value is -3.90. The summed E-state index contributed by atoms with van der Waals surface area (Å²) in [6.07, 6.45) is 12.1. The Bertz CT molecular complexity index is 1970. The minimum absolute atomic E-state index is 0.0234. The van der Waals surface area contributed by atoms with E-state index in [1.54, 1.807) is 19.9 Å². The smallest absolute Gasteiger partial charge is 0.329 e. The Morgan fingerprint density at radius 1 is 0.917 bits per heavy atom. The van der Waals surface area contributed by atoms with Gasteiger partial charge in [-0.1, -0.05) is 83.6 Å². The lowest BCUT2D eigenvalue weighted by atomic mass is 9.78. The fraction of sp³-hybridized carbons (Fsp3) is 0.750. The summed E-state index contributed by atoms with van der Waals surface area (Å²) in [6.45, 7) is 13.2. The number of aliphatic hydroxyl groups is 4.